The first-order chi connectivity index (χ1) is 8.84. The molecule has 1 aliphatic rings. The maximum absolute atomic E-state index is 6.05. The smallest absolute Gasteiger partial charge is 0.159 e. The van der Waals surface area contributed by atoms with Crippen LogP contribution in [-0.2, 0) is 4.74 Å². The standard InChI is InChI=1S/C13H14ClN3O/c14-12-10-3-1-2-4-11(10)13(17-16-12)15-9-5-7-18-8-6-9/h1-4,9H,5-8H2,(H,15,17). The van der Waals surface area contributed by atoms with Gasteiger partial charge in [-0.15, -0.1) is 10.2 Å². The van der Waals surface area contributed by atoms with Gasteiger partial charge in [-0.3, -0.25) is 0 Å². The number of nitrogens with one attached hydrogen (secondary N) is 1. The molecule has 0 aliphatic carbocycles. The Labute approximate surface area is 110 Å². The number of rotatable bonds is 2. The van der Waals surface area contributed by atoms with Crippen LogP contribution in [0.2, 0.25) is 5.15 Å². The van der Waals surface area contributed by atoms with Crippen molar-refractivity contribution in [2.24, 2.45) is 0 Å². The predicted octanol–water partition coefficient (Wildman–Crippen LogP) is 2.87. The van der Waals surface area contributed by atoms with Crippen molar-refractivity contribution in [2.45, 2.75) is 18.9 Å². The van der Waals surface area contributed by atoms with Gasteiger partial charge in [0.1, 0.15) is 0 Å². The van der Waals surface area contributed by atoms with Crippen LogP contribution in [0.5, 0.6) is 0 Å². The number of nitrogens with zero attached hydrogens (tertiary/aromatic N) is 2. The highest BCUT2D eigenvalue weighted by atomic mass is 35.5. The van der Waals surface area contributed by atoms with E-state index in [0.717, 1.165) is 42.6 Å². The minimum absolute atomic E-state index is 0.401. The number of hydrogen-bond donors (Lipinski definition) is 1. The Balaban J connectivity index is 1.94. The quantitative estimate of drug-likeness (QED) is 0.905. The molecular weight excluding hydrogens is 250 g/mol. The normalized spacial score (nSPS) is 16.9. The summed E-state index contributed by atoms with van der Waals surface area (Å²) in [6.45, 7) is 1.60. The monoisotopic (exact) mass is 263 g/mol. The zero-order valence-electron chi connectivity index (χ0n) is 9.90. The molecule has 2 aromatic rings. The van der Waals surface area contributed by atoms with Gasteiger partial charge in [-0.05, 0) is 12.8 Å². The van der Waals surface area contributed by atoms with E-state index >= 15 is 0 Å². The second-order valence-corrected chi connectivity index (χ2v) is 4.77. The molecule has 3 rings (SSSR count). The van der Waals surface area contributed by atoms with Crippen molar-refractivity contribution in [3.8, 4) is 0 Å². The van der Waals surface area contributed by atoms with Gasteiger partial charge in [0.05, 0.1) is 0 Å². The molecule has 1 saturated heterocycles. The maximum atomic E-state index is 6.05. The summed E-state index contributed by atoms with van der Waals surface area (Å²) < 4.78 is 5.35. The Morgan fingerprint density at radius 1 is 1.11 bits per heavy atom. The molecule has 5 heteroatoms. The lowest BCUT2D eigenvalue weighted by atomic mass is 10.1. The molecule has 1 fully saturated rings. The number of fused-ring (bicyclic) bond motifs is 1. The van der Waals surface area contributed by atoms with E-state index in [9.17, 15) is 0 Å². The van der Waals surface area contributed by atoms with Crippen molar-refractivity contribution in [3.05, 3.63) is 29.4 Å². The van der Waals surface area contributed by atoms with E-state index in [4.69, 9.17) is 16.3 Å². The Morgan fingerprint density at radius 3 is 2.61 bits per heavy atom. The molecule has 2 heterocycles. The Bertz CT molecular complexity index is 555. The van der Waals surface area contributed by atoms with Gasteiger partial charge < -0.3 is 10.1 Å². The van der Waals surface area contributed by atoms with Gasteiger partial charge in [-0.2, -0.15) is 0 Å². The second-order valence-electron chi connectivity index (χ2n) is 4.42. The molecule has 0 atom stereocenters. The minimum Gasteiger partial charge on any atom is -0.381 e. The summed E-state index contributed by atoms with van der Waals surface area (Å²) >= 11 is 6.05. The van der Waals surface area contributed by atoms with Crippen molar-refractivity contribution >= 4 is 28.2 Å². The third kappa shape index (κ3) is 2.26. The van der Waals surface area contributed by atoms with E-state index < -0.39 is 0 Å². The van der Waals surface area contributed by atoms with Crippen LogP contribution in [0.1, 0.15) is 12.8 Å². The summed E-state index contributed by atoms with van der Waals surface area (Å²) in [5.74, 6) is 0.807. The molecule has 0 radical (unpaired) electrons. The van der Waals surface area contributed by atoms with Gasteiger partial charge in [-0.25, -0.2) is 0 Å². The summed E-state index contributed by atoms with van der Waals surface area (Å²) in [6, 6.07) is 8.31. The molecule has 1 aliphatic heterocycles. The highest BCUT2D eigenvalue weighted by Crippen LogP contribution is 2.26. The van der Waals surface area contributed by atoms with Crippen molar-refractivity contribution in [3.63, 3.8) is 0 Å². The third-order valence-corrected chi connectivity index (χ3v) is 3.48. The molecule has 1 aromatic carbocycles. The van der Waals surface area contributed by atoms with Crippen LogP contribution in [0.25, 0.3) is 10.8 Å². The van der Waals surface area contributed by atoms with E-state index in [1.165, 1.54) is 0 Å². The van der Waals surface area contributed by atoms with Crippen molar-refractivity contribution in [2.75, 3.05) is 18.5 Å². The number of aromatic nitrogens is 2. The van der Waals surface area contributed by atoms with E-state index in [-0.39, 0.29) is 0 Å². The molecule has 0 bridgehead atoms. The number of hydrogen-bond acceptors (Lipinski definition) is 4. The first-order valence-corrected chi connectivity index (χ1v) is 6.47. The average Bonchev–Trinajstić information content (AvgIpc) is 2.44. The lowest BCUT2D eigenvalue weighted by Crippen LogP contribution is -2.28. The van der Waals surface area contributed by atoms with Crippen LogP contribution < -0.4 is 5.32 Å². The fourth-order valence-electron chi connectivity index (χ4n) is 2.21. The molecule has 18 heavy (non-hydrogen) atoms. The SMILES string of the molecule is Clc1nnc(NC2CCOCC2)c2ccccc12. The zero-order valence-corrected chi connectivity index (χ0v) is 10.7. The third-order valence-electron chi connectivity index (χ3n) is 3.20. The van der Waals surface area contributed by atoms with Gasteiger partial charge in [0.2, 0.25) is 0 Å². The van der Waals surface area contributed by atoms with Gasteiger partial charge in [-0.1, -0.05) is 35.9 Å². The van der Waals surface area contributed by atoms with Gasteiger partial charge in [0.25, 0.3) is 0 Å². The van der Waals surface area contributed by atoms with Crippen LogP contribution in [0, 0.1) is 0 Å². The largest absolute Gasteiger partial charge is 0.381 e. The molecule has 4 nitrogen and oxygen atoms in total. The number of ether oxygens (including phenoxy) is 1. The van der Waals surface area contributed by atoms with Crippen LogP contribution in [0.15, 0.2) is 24.3 Å². The topological polar surface area (TPSA) is 47.0 Å². The summed E-state index contributed by atoms with van der Waals surface area (Å²) in [5.41, 5.74) is 0. The second kappa shape index (κ2) is 5.08. The van der Waals surface area contributed by atoms with Gasteiger partial charge in [0, 0.05) is 30.0 Å². The lowest BCUT2D eigenvalue weighted by molar-refractivity contribution is 0.0904. The highest BCUT2D eigenvalue weighted by molar-refractivity contribution is 6.34. The number of benzene rings is 1. The first kappa shape index (κ1) is 11.7. The molecular formula is C13H14ClN3O. The molecule has 1 aromatic heterocycles. The first-order valence-electron chi connectivity index (χ1n) is 6.10. The molecule has 0 unspecified atom stereocenters. The van der Waals surface area contributed by atoms with E-state index in [1.54, 1.807) is 0 Å². The lowest BCUT2D eigenvalue weighted by Gasteiger charge is -2.23. The van der Waals surface area contributed by atoms with Gasteiger partial charge >= 0.3 is 0 Å². The summed E-state index contributed by atoms with van der Waals surface area (Å²) in [7, 11) is 0. The molecule has 0 spiro atoms. The fraction of sp³-hybridized carbons (Fsp3) is 0.385. The Kier molecular flexibility index (Phi) is 3.30. The Morgan fingerprint density at radius 2 is 1.83 bits per heavy atom. The predicted molar refractivity (Wildman–Crippen MR) is 72.0 cm³/mol. The summed E-state index contributed by atoms with van der Waals surface area (Å²) in [6.07, 6.45) is 2.00. The number of halogens is 1. The van der Waals surface area contributed by atoms with Crippen LogP contribution >= 0.6 is 11.6 Å². The minimum atomic E-state index is 0.401. The van der Waals surface area contributed by atoms with E-state index in [2.05, 4.69) is 15.5 Å². The maximum Gasteiger partial charge on any atom is 0.159 e. The number of anilines is 1. The van der Waals surface area contributed by atoms with Crippen LogP contribution in [-0.4, -0.2) is 29.5 Å². The molecule has 0 saturated carbocycles. The molecule has 1 N–H and O–H groups in total. The van der Waals surface area contributed by atoms with E-state index in [0.29, 0.717) is 11.2 Å². The Hall–Kier alpha value is -1.39. The van der Waals surface area contributed by atoms with Crippen molar-refractivity contribution in [1.82, 2.24) is 10.2 Å². The zero-order chi connectivity index (χ0) is 12.4. The van der Waals surface area contributed by atoms with Crippen molar-refractivity contribution in [1.29, 1.82) is 0 Å². The summed E-state index contributed by atoms with van der Waals surface area (Å²) in [4.78, 5) is 0. The fourth-order valence-corrected chi connectivity index (χ4v) is 2.42. The molecule has 94 valence electrons. The van der Waals surface area contributed by atoms with Crippen LogP contribution in [0.3, 0.4) is 0 Å². The van der Waals surface area contributed by atoms with E-state index in [1.807, 2.05) is 24.3 Å². The average molecular weight is 264 g/mol. The van der Waals surface area contributed by atoms with Crippen molar-refractivity contribution < 1.29 is 4.74 Å². The molecule has 0 amide bonds. The highest BCUT2D eigenvalue weighted by Gasteiger charge is 2.16. The summed E-state index contributed by atoms with van der Waals surface area (Å²) in [5, 5.41) is 14.0. The van der Waals surface area contributed by atoms with Crippen LogP contribution in [0.4, 0.5) is 5.82 Å². The van der Waals surface area contributed by atoms with Gasteiger partial charge in [0.15, 0.2) is 11.0 Å².